The number of aryl methyl sites for hydroxylation is 1. The van der Waals surface area contributed by atoms with E-state index >= 15 is 0 Å². The number of carbonyl (C=O) groups is 1. The number of hydrogen-bond donors (Lipinski definition) is 2. The Morgan fingerprint density at radius 1 is 1.07 bits per heavy atom. The molecule has 5 nitrogen and oxygen atoms in total. The summed E-state index contributed by atoms with van der Waals surface area (Å²) in [6.45, 7) is 2.02. The van der Waals surface area contributed by atoms with Crippen LogP contribution in [0.3, 0.4) is 0 Å². The fourth-order valence-electron chi connectivity index (χ4n) is 2.93. The SMILES string of the molecule is Cc1ccc(CC(=O)Nc2ncc(-c3ccc(N)cc3)nc2-c2cccs2)cc1. The zero-order valence-electron chi connectivity index (χ0n) is 15.9. The van der Waals surface area contributed by atoms with E-state index in [4.69, 9.17) is 10.7 Å². The fourth-order valence-corrected chi connectivity index (χ4v) is 3.64. The number of aromatic nitrogens is 2. The number of thiophene rings is 1. The van der Waals surface area contributed by atoms with Crippen LogP contribution in [-0.4, -0.2) is 15.9 Å². The van der Waals surface area contributed by atoms with E-state index in [-0.39, 0.29) is 12.3 Å². The number of rotatable bonds is 5. The number of amides is 1. The standard InChI is InChI=1S/C23H20N4OS/c1-15-4-6-16(7-5-15)13-21(28)27-23-22(20-3-2-12-29-20)26-19(14-25-23)17-8-10-18(24)11-9-17/h2-12,14H,13,24H2,1H3,(H,25,27,28). The molecule has 3 N–H and O–H groups in total. The van der Waals surface area contributed by atoms with Crippen LogP contribution in [0.2, 0.25) is 0 Å². The average molecular weight is 401 g/mol. The summed E-state index contributed by atoms with van der Waals surface area (Å²) < 4.78 is 0. The van der Waals surface area contributed by atoms with E-state index < -0.39 is 0 Å². The van der Waals surface area contributed by atoms with E-state index in [1.807, 2.05) is 73.0 Å². The lowest BCUT2D eigenvalue weighted by Crippen LogP contribution is -2.16. The van der Waals surface area contributed by atoms with Crippen molar-refractivity contribution in [3.63, 3.8) is 0 Å². The molecule has 0 fully saturated rings. The molecule has 1 amide bonds. The summed E-state index contributed by atoms with van der Waals surface area (Å²) >= 11 is 1.56. The zero-order valence-corrected chi connectivity index (χ0v) is 16.7. The van der Waals surface area contributed by atoms with Gasteiger partial charge in [-0.05, 0) is 36.1 Å². The third-order valence-corrected chi connectivity index (χ3v) is 5.35. The van der Waals surface area contributed by atoms with Gasteiger partial charge in [0.15, 0.2) is 5.82 Å². The second-order valence-electron chi connectivity index (χ2n) is 6.76. The van der Waals surface area contributed by atoms with Gasteiger partial charge in [0, 0.05) is 11.3 Å². The highest BCUT2D eigenvalue weighted by Crippen LogP contribution is 2.31. The van der Waals surface area contributed by atoms with Crippen LogP contribution in [-0.2, 0) is 11.2 Å². The number of nitrogens with zero attached hydrogens (tertiary/aromatic N) is 2. The second-order valence-corrected chi connectivity index (χ2v) is 7.71. The number of nitrogens with one attached hydrogen (secondary N) is 1. The predicted molar refractivity (Wildman–Crippen MR) is 119 cm³/mol. The molecule has 0 aliphatic heterocycles. The van der Waals surface area contributed by atoms with Crippen molar-refractivity contribution >= 4 is 28.7 Å². The van der Waals surface area contributed by atoms with Crippen LogP contribution in [0.1, 0.15) is 11.1 Å². The minimum Gasteiger partial charge on any atom is -0.399 e. The Bertz CT molecular complexity index is 1120. The minimum absolute atomic E-state index is 0.124. The molecule has 0 saturated carbocycles. The normalized spacial score (nSPS) is 10.7. The maximum absolute atomic E-state index is 12.6. The van der Waals surface area contributed by atoms with Crippen molar-refractivity contribution in [1.82, 2.24) is 9.97 Å². The van der Waals surface area contributed by atoms with Gasteiger partial charge < -0.3 is 11.1 Å². The molecule has 4 aromatic rings. The summed E-state index contributed by atoms with van der Waals surface area (Å²) in [6.07, 6.45) is 1.95. The summed E-state index contributed by atoms with van der Waals surface area (Å²) in [5.74, 6) is 0.338. The van der Waals surface area contributed by atoms with Gasteiger partial charge >= 0.3 is 0 Å². The largest absolute Gasteiger partial charge is 0.399 e. The molecule has 0 saturated heterocycles. The molecule has 0 atom stereocenters. The van der Waals surface area contributed by atoms with Gasteiger partial charge in [-0.15, -0.1) is 11.3 Å². The van der Waals surface area contributed by atoms with Crippen molar-refractivity contribution in [2.45, 2.75) is 13.3 Å². The lowest BCUT2D eigenvalue weighted by atomic mass is 10.1. The van der Waals surface area contributed by atoms with E-state index in [1.165, 1.54) is 5.56 Å². The Balaban J connectivity index is 1.62. The lowest BCUT2D eigenvalue weighted by Gasteiger charge is -2.11. The van der Waals surface area contributed by atoms with Crippen LogP contribution in [0.4, 0.5) is 11.5 Å². The number of hydrogen-bond acceptors (Lipinski definition) is 5. The van der Waals surface area contributed by atoms with Crippen molar-refractivity contribution in [2.75, 3.05) is 11.1 Å². The summed E-state index contributed by atoms with van der Waals surface area (Å²) in [6, 6.07) is 19.3. The molecule has 29 heavy (non-hydrogen) atoms. The molecule has 0 bridgehead atoms. The number of carbonyl (C=O) groups excluding carboxylic acids is 1. The number of nitrogen functional groups attached to an aromatic ring is 1. The quantitative estimate of drug-likeness (QED) is 0.465. The molecule has 2 heterocycles. The predicted octanol–water partition coefficient (Wildman–Crippen LogP) is 4.94. The smallest absolute Gasteiger partial charge is 0.230 e. The summed E-state index contributed by atoms with van der Waals surface area (Å²) in [5, 5.41) is 4.90. The van der Waals surface area contributed by atoms with Gasteiger partial charge in [-0.1, -0.05) is 48.0 Å². The third kappa shape index (κ3) is 4.50. The first kappa shape index (κ1) is 18.8. The van der Waals surface area contributed by atoms with Gasteiger partial charge in [0.25, 0.3) is 0 Å². The third-order valence-electron chi connectivity index (χ3n) is 4.48. The molecule has 4 rings (SSSR count). The molecule has 2 aromatic carbocycles. The van der Waals surface area contributed by atoms with Crippen LogP contribution in [0, 0.1) is 6.92 Å². The summed E-state index contributed by atoms with van der Waals surface area (Å²) in [7, 11) is 0. The topological polar surface area (TPSA) is 80.9 Å². The first-order chi connectivity index (χ1) is 14.1. The van der Waals surface area contributed by atoms with Gasteiger partial charge in [0.1, 0.15) is 5.69 Å². The van der Waals surface area contributed by atoms with Crippen LogP contribution in [0.25, 0.3) is 21.8 Å². The van der Waals surface area contributed by atoms with Crippen molar-refractivity contribution in [3.05, 3.63) is 83.4 Å². The highest BCUT2D eigenvalue weighted by Gasteiger charge is 2.15. The number of benzene rings is 2. The Morgan fingerprint density at radius 2 is 1.83 bits per heavy atom. The minimum atomic E-state index is -0.124. The molecule has 0 unspecified atom stereocenters. The van der Waals surface area contributed by atoms with E-state index in [0.29, 0.717) is 17.2 Å². The number of nitrogens with two attached hydrogens (primary N) is 1. The van der Waals surface area contributed by atoms with Crippen LogP contribution in [0.15, 0.2) is 72.2 Å². The van der Waals surface area contributed by atoms with Crippen LogP contribution in [0.5, 0.6) is 0 Å². The van der Waals surface area contributed by atoms with E-state index in [2.05, 4.69) is 10.3 Å². The molecule has 0 spiro atoms. The van der Waals surface area contributed by atoms with E-state index in [0.717, 1.165) is 21.7 Å². The first-order valence-electron chi connectivity index (χ1n) is 9.21. The van der Waals surface area contributed by atoms with Gasteiger partial charge in [-0.25, -0.2) is 9.97 Å². The second kappa shape index (κ2) is 8.24. The summed E-state index contributed by atoms with van der Waals surface area (Å²) in [5.41, 5.74) is 10.9. The lowest BCUT2D eigenvalue weighted by molar-refractivity contribution is -0.115. The van der Waals surface area contributed by atoms with Gasteiger partial charge in [-0.3, -0.25) is 4.79 Å². The van der Waals surface area contributed by atoms with Crippen molar-refractivity contribution < 1.29 is 4.79 Å². The van der Waals surface area contributed by atoms with Crippen LogP contribution < -0.4 is 11.1 Å². The molecule has 0 radical (unpaired) electrons. The first-order valence-corrected chi connectivity index (χ1v) is 10.1. The molecule has 144 valence electrons. The highest BCUT2D eigenvalue weighted by molar-refractivity contribution is 7.13. The molecule has 6 heteroatoms. The van der Waals surface area contributed by atoms with Crippen molar-refractivity contribution in [1.29, 1.82) is 0 Å². The molecule has 0 aliphatic rings. The molecular formula is C23H20N4OS. The molecule has 0 aliphatic carbocycles. The van der Waals surface area contributed by atoms with E-state index in [1.54, 1.807) is 17.5 Å². The fraction of sp³-hybridized carbons (Fsp3) is 0.0870. The zero-order chi connectivity index (χ0) is 20.2. The van der Waals surface area contributed by atoms with Crippen molar-refractivity contribution in [3.8, 4) is 21.8 Å². The molecule has 2 aromatic heterocycles. The van der Waals surface area contributed by atoms with Crippen LogP contribution >= 0.6 is 11.3 Å². The van der Waals surface area contributed by atoms with Gasteiger partial charge in [0.2, 0.25) is 5.91 Å². The van der Waals surface area contributed by atoms with Gasteiger partial charge in [-0.2, -0.15) is 0 Å². The monoisotopic (exact) mass is 400 g/mol. The van der Waals surface area contributed by atoms with Crippen molar-refractivity contribution in [2.24, 2.45) is 0 Å². The Labute approximate surface area is 173 Å². The maximum Gasteiger partial charge on any atom is 0.230 e. The summed E-state index contributed by atoms with van der Waals surface area (Å²) in [4.78, 5) is 22.8. The number of anilines is 2. The average Bonchev–Trinajstić information content (AvgIpc) is 3.25. The Hall–Kier alpha value is -3.51. The maximum atomic E-state index is 12.6. The molecular weight excluding hydrogens is 380 g/mol. The Morgan fingerprint density at radius 3 is 2.52 bits per heavy atom. The van der Waals surface area contributed by atoms with Gasteiger partial charge in [0.05, 0.1) is 23.2 Å². The highest BCUT2D eigenvalue weighted by atomic mass is 32.1. The Kier molecular flexibility index (Phi) is 5.35. The van der Waals surface area contributed by atoms with E-state index in [9.17, 15) is 4.79 Å².